The zero-order valence-corrected chi connectivity index (χ0v) is 15.0. The Hall–Kier alpha value is -1.82. The highest BCUT2D eigenvalue weighted by atomic mass is 32.2. The summed E-state index contributed by atoms with van der Waals surface area (Å²) in [7, 11) is 0. The molecular weight excluding hydrogens is 310 g/mol. The maximum atomic E-state index is 12.2. The van der Waals surface area contributed by atoms with Crippen LogP contribution in [0.15, 0.2) is 29.3 Å². The van der Waals surface area contributed by atoms with Gasteiger partial charge in [-0.25, -0.2) is 0 Å². The number of anilines is 1. The molecule has 124 valence electrons. The Morgan fingerprint density at radius 1 is 1.30 bits per heavy atom. The average Bonchev–Trinajstić information content (AvgIpc) is 2.79. The smallest absolute Gasteiger partial charge is 0.254 e. The van der Waals surface area contributed by atoms with Gasteiger partial charge in [0, 0.05) is 5.54 Å². The van der Waals surface area contributed by atoms with E-state index in [0.29, 0.717) is 5.17 Å². The van der Waals surface area contributed by atoms with Crippen LogP contribution in [0.4, 0.5) is 5.69 Å². The van der Waals surface area contributed by atoms with Crippen LogP contribution >= 0.6 is 11.8 Å². The van der Waals surface area contributed by atoms with Crippen LogP contribution in [0.2, 0.25) is 0 Å². The number of carbonyl (C=O) groups excluding carboxylic acids is 2. The van der Waals surface area contributed by atoms with E-state index in [1.54, 1.807) is 4.90 Å². The van der Waals surface area contributed by atoms with Crippen LogP contribution in [-0.4, -0.2) is 34.3 Å². The summed E-state index contributed by atoms with van der Waals surface area (Å²) < 4.78 is 0. The molecule has 0 bridgehead atoms. The Morgan fingerprint density at radius 2 is 1.91 bits per heavy atom. The first-order chi connectivity index (χ1) is 10.7. The molecule has 0 saturated carbocycles. The molecule has 1 N–H and O–H groups in total. The maximum absolute atomic E-state index is 12.2. The fraction of sp³-hybridized carbons (Fsp3) is 0.471. The Morgan fingerprint density at radius 3 is 2.48 bits per heavy atom. The molecule has 0 unspecified atom stereocenters. The molecule has 6 heteroatoms. The molecular formula is C17H23N3O2S. The molecule has 5 nitrogen and oxygen atoms in total. The fourth-order valence-corrected chi connectivity index (χ4v) is 3.04. The lowest BCUT2D eigenvalue weighted by Crippen LogP contribution is -2.45. The van der Waals surface area contributed by atoms with Crippen molar-refractivity contribution < 1.29 is 9.59 Å². The minimum absolute atomic E-state index is 0.0617. The molecule has 0 spiro atoms. The van der Waals surface area contributed by atoms with Gasteiger partial charge in [-0.05, 0) is 46.8 Å². The zero-order valence-electron chi connectivity index (χ0n) is 14.2. The minimum atomic E-state index is -0.327. The second kappa shape index (κ2) is 6.74. The number of amides is 2. The first-order valence-electron chi connectivity index (χ1n) is 7.60. The lowest BCUT2D eigenvalue weighted by atomic mass is 10.1. The summed E-state index contributed by atoms with van der Waals surface area (Å²) >= 11 is 1.31. The molecule has 1 aliphatic heterocycles. The van der Waals surface area contributed by atoms with Gasteiger partial charge in [-0.3, -0.25) is 19.5 Å². The van der Waals surface area contributed by atoms with Crippen LogP contribution in [0.5, 0.6) is 0 Å². The highest BCUT2D eigenvalue weighted by Crippen LogP contribution is 2.26. The van der Waals surface area contributed by atoms with Crippen LogP contribution in [0.3, 0.4) is 0 Å². The Labute approximate surface area is 141 Å². The van der Waals surface area contributed by atoms with Gasteiger partial charge in [-0.1, -0.05) is 29.5 Å². The van der Waals surface area contributed by atoms with Crippen molar-refractivity contribution in [2.45, 2.75) is 45.4 Å². The van der Waals surface area contributed by atoms with Crippen molar-refractivity contribution in [3.8, 4) is 0 Å². The van der Waals surface area contributed by atoms with E-state index in [1.807, 2.05) is 58.9 Å². The number of amidine groups is 1. The molecule has 1 aliphatic rings. The summed E-state index contributed by atoms with van der Waals surface area (Å²) in [6, 6.07) is 7.71. The van der Waals surface area contributed by atoms with Gasteiger partial charge in [-0.15, -0.1) is 0 Å². The molecule has 0 aliphatic carbocycles. The number of aliphatic imine (C=N–C) groups is 1. The van der Waals surface area contributed by atoms with E-state index in [4.69, 9.17) is 0 Å². The first kappa shape index (κ1) is 17.5. The van der Waals surface area contributed by atoms with E-state index in [9.17, 15) is 9.59 Å². The molecule has 0 saturated heterocycles. The van der Waals surface area contributed by atoms with Crippen molar-refractivity contribution in [1.29, 1.82) is 0 Å². The number of carbonyl (C=O) groups is 2. The molecule has 1 aromatic rings. The highest BCUT2D eigenvalue weighted by Gasteiger charge is 2.31. The quantitative estimate of drug-likeness (QED) is 0.925. The second-order valence-electron chi connectivity index (χ2n) is 6.66. The van der Waals surface area contributed by atoms with Gasteiger partial charge in [0.25, 0.3) is 5.91 Å². The number of rotatable bonds is 3. The summed E-state index contributed by atoms with van der Waals surface area (Å²) in [6.45, 7) is 9.78. The number of thioether (sulfide) groups is 1. The largest absolute Gasteiger partial charge is 0.351 e. The summed E-state index contributed by atoms with van der Waals surface area (Å²) in [5.74, 6) is -0.131. The van der Waals surface area contributed by atoms with Crippen molar-refractivity contribution in [3.05, 3.63) is 29.8 Å². The molecule has 2 rings (SSSR count). The number of hydrogen-bond acceptors (Lipinski definition) is 4. The van der Waals surface area contributed by atoms with Gasteiger partial charge in [0.05, 0.1) is 10.9 Å². The van der Waals surface area contributed by atoms with Gasteiger partial charge in [0.2, 0.25) is 5.91 Å². The SMILES string of the molecule is Cc1ccc(N2C(=O)CN=C2S[C@@H](C)C(=O)NC(C)(C)C)cc1. The fourth-order valence-electron chi connectivity index (χ4n) is 2.10. The van der Waals surface area contributed by atoms with E-state index in [1.165, 1.54) is 11.8 Å². The predicted molar refractivity (Wildman–Crippen MR) is 95.9 cm³/mol. The Kier molecular flexibility index (Phi) is 5.14. The van der Waals surface area contributed by atoms with E-state index < -0.39 is 0 Å². The summed E-state index contributed by atoms with van der Waals surface area (Å²) in [5, 5.41) is 3.20. The number of nitrogens with one attached hydrogen (secondary N) is 1. The van der Waals surface area contributed by atoms with Gasteiger partial charge >= 0.3 is 0 Å². The van der Waals surface area contributed by atoms with Crippen LogP contribution < -0.4 is 10.2 Å². The van der Waals surface area contributed by atoms with Crippen LogP contribution in [0, 0.1) is 6.92 Å². The van der Waals surface area contributed by atoms with Gasteiger partial charge in [0.15, 0.2) is 5.17 Å². The second-order valence-corrected chi connectivity index (χ2v) is 7.97. The topological polar surface area (TPSA) is 61.8 Å². The van der Waals surface area contributed by atoms with Crippen LogP contribution in [0.25, 0.3) is 0 Å². The molecule has 1 aromatic carbocycles. The summed E-state index contributed by atoms with van der Waals surface area (Å²) in [5.41, 5.74) is 1.63. The maximum Gasteiger partial charge on any atom is 0.254 e. The molecule has 1 heterocycles. The monoisotopic (exact) mass is 333 g/mol. The lowest BCUT2D eigenvalue weighted by Gasteiger charge is -2.24. The molecule has 0 radical (unpaired) electrons. The third kappa shape index (κ3) is 4.58. The molecule has 2 amide bonds. The van der Waals surface area contributed by atoms with E-state index >= 15 is 0 Å². The highest BCUT2D eigenvalue weighted by molar-refractivity contribution is 8.15. The van der Waals surface area contributed by atoms with Gasteiger partial charge < -0.3 is 5.32 Å². The average molecular weight is 333 g/mol. The molecule has 23 heavy (non-hydrogen) atoms. The Bertz CT molecular complexity index is 632. The van der Waals surface area contributed by atoms with Gasteiger partial charge in [-0.2, -0.15) is 0 Å². The minimum Gasteiger partial charge on any atom is -0.351 e. The van der Waals surface area contributed by atoms with Crippen molar-refractivity contribution in [2.75, 3.05) is 11.4 Å². The molecule has 0 aromatic heterocycles. The zero-order chi connectivity index (χ0) is 17.2. The third-order valence-electron chi connectivity index (χ3n) is 3.23. The first-order valence-corrected chi connectivity index (χ1v) is 8.48. The normalized spacial score (nSPS) is 16.3. The van der Waals surface area contributed by atoms with E-state index in [-0.39, 0.29) is 29.1 Å². The van der Waals surface area contributed by atoms with Crippen molar-refractivity contribution in [1.82, 2.24) is 5.32 Å². The number of hydrogen-bond donors (Lipinski definition) is 1. The van der Waals surface area contributed by atoms with E-state index in [0.717, 1.165) is 11.3 Å². The third-order valence-corrected chi connectivity index (χ3v) is 4.32. The van der Waals surface area contributed by atoms with Gasteiger partial charge in [0.1, 0.15) is 6.54 Å². The van der Waals surface area contributed by atoms with Crippen molar-refractivity contribution >= 4 is 34.4 Å². The van der Waals surface area contributed by atoms with Crippen LogP contribution in [0.1, 0.15) is 33.3 Å². The molecule has 1 atom stereocenters. The number of benzene rings is 1. The van der Waals surface area contributed by atoms with Crippen LogP contribution in [-0.2, 0) is 9.59 Å². The number of nitrogens with zero attached hydrogens (tertiary/aromatic N) is 2. The lowest BCUT2D eigenvalue weighted by molar-refractivity contribution is -0.121. The Balaban J connectivity index is 2.10. The van der Waals surface area contributed by atoms with Crippen molar-refractivity contribution in [2.24, 2.45) is 4.99 Å². The predicted octanol–water partition coefficient (Wildman–Crippen LogP) is 2.73. The van der Waals surface area contributed by atoms with E-state index in [2.05, 4.69) is 10.3 Å². The summed E-state index contributed by atoms with van der Waals surface area (Å²) in [4.78, 5) is 30.3. The molecule has 0 fully saturated rings. The summed E-state index contributed by atoms with van der Waals surface area (Å²) in [6.07, 6.45) is 0. The number of aryl methyl sites for hydroxylation is 1. The standard InChI is InChI=1S/C17H23N3O2S/c1-11-6-8-13(9-7-11)20-14(21)10-18-16(20)23-12(2)15(22)19-17(3,4)5/h6-9,12H,10H2,1-5H3,(H,19,22)/t12-/m0/s1. The van der Waals surface area contributed by atoms with Crippen molar-refractivity contribution in [3.63, 3.8) is 0 Å².